The molecule has 0 saturated carbocycles. The molecule has 0 spiro atoms. The van der Waals surface area contributed by atoms with Crippen LogP contribution >= 0.6 is 11.6 Å². The van der Waals surface area contributed by atoms with E-state index in [1.807, 2.05) is 0 Å². The lowest BCUT2D eigenvalue weighted by atomic mass is 9.94. The third kappa shape index (κ3) is 11.5. The van der Waals surface area contributed by atoms with Crippen LogP contribution in [0.1, 0.15) is 41.4 Å². The molecule has 4 N–H and O–H groups in total. The molecule has 0 radical (unpaired) electrons. The molecule has 274 valence electrons. The molecule has 3 aromatic carbocycles. The highest BCUT2D eigenvalue weighted by Crippen LogP contribution is 2.24. The molecule has 0 saturated heterocycles. The van der Waals surface area contributed by atoms with E-state index in [1.54, 1.807) is 18.2 Å². The summed E-state index contributed by atoms with van der Waals surface area (Å²) in [5.74, 6) is -14.3. The van der Waals surface area contributed by atoms with Crippen LogP contribution in [0.2, 0.25) is 5.02 Å². The van der Waals surface area contributed by atoms with Crippen molar-refractivity contribution in [3.05, 3.63) is 100 Å². The minimum atomic E-state index is -5.05. The van der Waals surface area contributed by atoms with Gasteiger partial charge in [-0.15, -0.1) is 0 Å². The molecule has 51 heavy (non-hydrogen) atoms. The van der Waals surface area contributed by atoms with Gasteiger partial charge in [-0.3, -0.25) is 24.0 Å². The number of benzene rings is 3. The van der Waals surface area contributed by atoms with Gasteiger partial charge in [0.05, 0.1) is 13.2 Å². The number of amides is 4. The molecule has 0 bridgehead atoms. The highest BCUT2D eigenvalue weighted by molar-refractivity contribution is 6.30. The lowest BCUT2D eigenvalue weighted by Gasteiger charge is -2.28. The predicted octanol–water partition coefficient (Wildman–Crippen LogP) is 4.71. The smallest absolute Gasteiger partial charge is 0.405 e. The van der Waals surface area contributed by atoms with Crippen molar-refractivity contribution in [2.45, 2.75) is 50.5 Å². The summed E-state index contributed by atoms with van der Waals surface area (Å²) in [6, 6.07) is 11.0. The molecule has 4 amide bonds. The maximum atomic E-state index is 14.9. The predicted molar refractivity (Wildman–Crippen MR) is 172 cm³/mol. The number of ketones is 1. The fourth-order valence-corrected chi connectivity index (χ4v) is 4.90. The summed E-state index contributed by atoms with van der Waals surface area (Å²) in [5.41, 5.74) is 0.371. The van der Waals surface area contributed by atoms with Gasteiger partial charge >= 0.3 is 12.1 Å². The first-order valence-electron chi connectivity index (χ1n) is 15.1. The topological polar surface area (TPSA) is 143 Å². The molecule has 3 aromatic rings. The van der Waals surface area contributed by atoms with Gasteiger partial charge in [0.1, 0.15) is 30.2 Å². The van der Waals surface area contributed by atoms with Gasteiger partial charge in [-0.1, -0.05) is 55.8 Å². The first-order valence-corrected chi connectivity index (χ1v) is 15.5. The number of alkyl halides is 5. The number of methoxy groups -OCH3 is 1. The summed E-state index contributed by atoms with van der Waals surface area (Å²) >= 11 is 6.10. The number of carbonyl (C=O) groups excluding carboxylic acids is 5. The molecule has 3 atom stereocenters. The van der Waals surface area contributed by atoms with Crippen molar-refractivity contribution in [1.82, 2.24) is 21.3 Å². The van der Waals surface area contributed by atoms with Crippen LogP contribution in [0.4, 0.5) is 26.3 Å². The normalized spacial score (nSPS) is 13.4. The summed E-state index contributed by atoms with van der Waals surface area (Å²) < 4.78 is 86.3. The van der Waals surface area contributed by atoms with Crippen molar-refractivity contribution in [2.75, 3.05) is 13.7 Å². The van der Waals surface area contributed by atoms with Gasteiger partial charge in [0, 0.05) is 17.0 Å². The standard InChI is InChI=1S/C34H33ClF6N4O6/c1-18(2)26(28(46)34(40,41)32(50)42-17-33(37,38)39)44-31(49)27(20-10-12-24(51-3)13-11-20)45-30(48)25(15-19-6-4-8-22(35)14-19)43-29(47)21-7-5-9-23(36)16-21/h4-14,16,18,25-27H,15,17H2,1-3H3,(H,42,50)(H,43,47)(H,44,49)(H,45,48). The Morgan fingerprint density at radius 3 is 2.04 bits per heavy atom. The van der Waals surface area contributed by atoms with Gasteiger partial charge in [0.15, 0.2) is 0 Å². The van der Waals surface area contributed by atoms with Crippen LogP contribution in [0.25, 0.3) is 0 Å². The Balaban J connectivity index is 1.97. The second kappa shape index (κ2) is 17.2. The van der Waals surface area contributed by atoms with Crippen molar-refractivity contribution in [2.24, 2.45) is 5.92 Å². The Morgan fingerprint density at radius 2 is 1.47 bits per heavy atom. The fourth-order valence-electron chi connectivity index (χ4n) is 4.69. The van der Waals surface area contributed by atoms with E-state index in [9.17, 15) is 50.3 Å². The zero-order valence-electron chi connectivity index (χ0n) is 27.2. The van der Waals surface area contributed by atoms with Gasteiger partial charge in [0.25, 0.3) is 11.8 Å². The van der Waals surface area contributed by atoms with E-state index < -0.39 is 77.9 Å². The summed E-state index contributed by atoms with van der Waals surface area (Å²) in [5, 5.41) is 8.27. The Kier molecular flexibility index (Phi) is 13.6. The second-order valence-corrected chi connectivity index (χ2v) is 12.0. The molecular weight excluding hydrogens is 710 g/mol. The third-order valence-electron chi connectivity index (χ3n) is 7.33. The van der Waals surface area contributed by atoms with Crippen LogP contribution in [0.15, 0.2) is 72.8 Å². The van der Waals surface area contributed by atoms with Crippen LogP contribution in [-0.2, 0) is 25.6 Å². The monoisotopic (exact) mass is 742 g/mol. The zero-order chi connectivity index (χ0) is 38.1. The molecule has 0 aliphatic heterocycles. The lowest BCUT2D eigenvalue weighted by Crippen LogP contribution is -2.58. The minimum absolute atomic E-state index is 0.0456. The van der Waals surface area contributed by atoms with Crippen molar-refractivity contribution in [3.8, 4) is 5.75 Å². The van der Waals surface area contributed by atoms with E-state index in [-0.39, 0.29) is 17.5 Å². The Morgan fingerprint density at radius 1 is 0.824 bits per heavy atom. The molecule has 0 aliphatic rings. The number of nitrogens with one attached hydrogen (secondary N) is 4. The Labute approximate surface area is 293 Å². The maximum absolute atomic E-state index is 14.9. The molecule has 0 aromatic heterocycles. The molecule has 10 nitrogen and oxygen atoms in total. The fraction of sp³-hybridized carbons (Fsp3) is 0.324. The third-order valence-corrected chi connectivity index (χ3v) is 7.56. The van der Waals surface area contributed by atoms with Crippen LogP contribution < -0.4 is 26.0 Å². The van der Waals surface area contributed by atoms with Crippen LogP contribution in [-0.4, -0.2) is 67.2 Å². The molecular formula is C34H33ClF6N4O6. The molecule has 3 rings (SSSR count). The molecule has 0 fully saturated rings. The van der Waals surface area contributed by atoms with Crippen molar-refractivity contribution >= 4 is 41.0 Å². The van der Waals surface area contributed by atoms with Gasteiger partial charge in [-0.05, 0) is 59.5 Å². The van der Waals surface area contributed by atoms with Gasteiger partial charge in [-0.25, -0.2) is 4.39 Å². The number of Topliss-reactive ketones (excluding diaryl/α,β-unsaturated/α-hetero) is 1. The number of hydrogen-bond acceptors (Lipinski definition) is 6. The highest BCUT2D eigenvalue weighted by atomic mass is 35.5. The molecule has 3 unspecified atom stereocenters. The van der Waals surface area contributed by atoms with Gasteiger partial charge in [0.2, 0.25) is 17.6 Å². The van der Waals surface area contributed by atoms with E-state index in [2.05, 4.69) is 16.0 Å². The Bertz CT molecular complexity index is 1740. The zero-order valence-corrected chi connectivity index (χ0v) is 28.0. The SMILES string of the molecule is COc1ccc(C(NC(=O)C(Cc2cccc(Cl)c2)NC(=O)c2cccc(F)c2)C(=O)NC(C(=O)C(F)(F)C(=O)NCC(F)(F)F)C(C)C)cc1. The largest absolute Gasteiger partial charge is 0.497 e. The number of hydrogen-bond donors (Lipinski definition) is 4. The van der Waals surface area contributed by atoms with Crippen molar-refractivity contribution in [3.63, 3.8) is 0 Å². The number of carbonyl (C=O) groups is 5. The molecule has 0 heterocycles. The quantitative estimate of drug-likeness (QED) is 0.131. The van der Waals surface area contributed by atoms with Gasteiger partial charge < -0.3 is 26.0 Å². The maximum Gasteiger partial charge on any atom is 0.405 e. The highest BCUT2D eigenvalue weighted by Gasteiger charge is 2.52. The average molecular weight is 743 g/mol. The summed E-state index contributed by atoms with van der Waals surface area (Å²) in [6.07, 6.45) is -5.25. The average Bonchev–Trinajstić information content (AvgIpc) is 3.07. The van der Waals surface area contributed by atoms with E-state index >= 15 is 0 Å². The minimum Gasteiger partial charge on any atom is -0.497 e. The lowest BCUT2D eigenvalue weighted by molar-refractivity contribution is -0.165. The van der Waals surface area contributed by atoms with Crippen molar-refractivity contribution < 1.29 is 55.1 Å². The summed E-state index contributed by atoms with van der Waals surface area (Å²) in [6.45, 7) is 0.331. The molecule has 17 heteroatoms. The van der Waals surface area contributed by atoms with E-state index in [1.165, 1.54) is 63.4 Å². The Hall–Kier alpha value is -5.12. The van der Waals surface area contributed by atoms with E-state index in [4.69, 9.17) is 16.3 Å². The van der Waals surface area contributed by atoms with Crippen LogP contribution in [0.5, 0.6) is 5.75 Å². The van der Waals surface area contributed by atoms with Gasteiger partial charge in [-0.2, -0.15) is 22.0 Å². The number of halogens is 7. The number of rotatable bonds is 15. The second-order valence-electron chi connectivity index (χ2n) is 11.6. The van der Waals surface area contributed by atoms with E-state index in [0.29, 0.717) is 16.3 Å². The van der Waals surface area contributed by atoms with Crippen LogP contribution in [0, 0.1) is 11.7 Å². The number of ether oxygens (including phenoxy) is 1. The first kappa shape index (κ1) is 40.3. The molecule has 0 aliphatic carbocycles. The van der Waals surface area contributed by atoms with Crippen molar-refractivity contribution in [1.29, 1.82) is 0 Å². The van der Waals surface area contributed by atoms with E-state index in [0.717, 1.165) is 17.4 Å². The first-order chi connectivity index (χ1) is 23.8. The summed E-state index contributed by atoms with van der Waals surface area (Å²) in [4.78, 5) is 65.6. The van der Waals surface area contributed by atoms with Crippen LogP contribution in [0.3, 0.4) is 0 Å². The summed E-state index contributed by atoms with van der Waals surface area (Å²) in [7, 11) is 1.35.